The lowest BCUT2D eigenvalue weighted by Crippen LogP contribution is -2.06. The van der Waals surface area contributed by atoms with Crippen molar-refractivity contribution in [2.24, 2.45) is 0 Å². The zero-order chi connectivity index (χ0) is 22.6. The van der Waals surface area contributed by atoms with Crippen molar-refractivity contribution in [3.8, 4) is 29.0 Å². The van der Waals surface area contributed by atoms with Crippen LogP contribution in [0.25, 0.3) is 11.4 Å². The van der Waals surface area contributed by atoms with Crippen molar-refractivity contribution < 1.29 is 13.5 Å². The molecule has 6 rings (SSSR count). The molecule has 0 saturated heterocycles. The van der Waals surface area contributed by atoms with E-state index >= 15 is 0 Å². The third-order valence-electron chi connectivity index (χ3n) is 6.24. The van der Waals surface area contributed by atoms with Crippen LogP contribution in [-0.4, -0.2) is 31.2 Å². The predicted octanol–water partition coefficient (Wildman–Crippen LogP) is 4.35. The first-order valence-corrected chi connectivity index (χ1v) is 10.7. The molecule has 0 amide bonds. The summed E-state index contributed by atoms with van der Waals surface area (Å²) in [6, 6.07) is 13.3. The second kappa shape index (κ2) is 7.27. The fraction of sp³-hybridized carbons (Fsp3) is 0.240. The van der Waals surface area contributed by atoms with Gasteiger partial charge in [0.25, 0.3) is 0 Å². The van der Waals surface area contributed by atoms with Gasteiger partial charge in [0.05, 0.1) is 34.4 Å². The lowest BCUT2D eigenvalue weighted by molar-refractivity contribution is -0.0498. The third kappa shape index (κ3) is 3.37. The number of aromatic nitrogens is 5. The first kappa shape index (κ1) is 19.7. The fourth-order valence-corrected chi connectivity index (χ4v) is 4.39. The molecular weight excluding hydrogens is 424 g/mol. The van der Waals surface area contributed by atoms with Crippen LogP contribution in [0, 0.1) is 18.8 Å². The standard InChI is InChI=1S/C25H19F2N5O/c1-16-3-2-4-17(11-16)25(9-10-25)8-7-20-22-12-18-14-29-30-32(18)23-13-19(33-24(26)27)5-6-21(23)31(22)15-28-20/h2-6,11,13-15,24H,9-10,12H2,1H3. The maximum Gasteiger partial charge on any atom is 0.387 e. The number of aryl methyl sites for hydroxylation is 1. The minimum atomic E-state index is -2.90. The Morgan fingerprint density at radius 2 is 2.00 bits per heavy atom. The molecule has 0 atom stereocenters. The zero-order valence-corrected chi connectivity index (χ0v) is 17.8. The number of ether oxygens (including phenoxy) is 1. The van der Waals surface area contributed by atoms with Crippen molar-refractivity contribution in [1.82, 2.24) is 24.5 Å². The number of alkyl halides is 2. The summed E-state index contributed by atoms with van der Waals surface area (Å²) in [5.41, 5.74) is 6.12. The van der Waals surface area contributed by atoms with Crippen molar-refractivity contribution in [2.45, 2.75) is 38.2 Å². The fourth-order valence-electron chi connectivity index (χ4n) is 4.39. The summed E-state index contributed by atoms with van der Waals surface area (Å²) in [6.45, 7) is -0.813. The Kier molecular flexibility index (Phi) is 4.34. The Balaban J connectivity index is 1.43. The van der Waals surface area contributed by atoms with Gasteiger partial charge in [-0.05, 0) is 43.4 Å². The molecule has 1 saturated carbocycles. The van der Waals surface area contributed by atoms with E-state index in [0.717, 1.165) is 29.9 Å². The van der Waals surface area contributed by atoms with Gasteiger partial charge in [-0.25, -0.2) is 9.67 Å². The number of fused-ring (bicyclic) bond motifs is 5. The molecule has 6 nitrogen and oxygen atoms in total. The Labute approximate surface area is 188 Å². The molecule has 1 aliphatic heterocycles. The van der Waals surface area contributed by atoms with Gasteiger partial charge >= 0.3 is 6.61 Å². The molecule has 0 bridgehead atoms. The highest BCUT2D eigenvalue weighted by molar-refractivity contribution is 5.59. The Hall–Kier alpha value is -3.99. The van der Waals surface area contributed by atoms with E-state index in [9.17, 15) is 8.78 Å². The molecule has 2 aromatic carbocycles. The first-order valence-electron chi connectivity index (χ1n) is 10.7. The molecule has 0 N–H and O–H groups in total. The van der Waals surface area contributed by atoms with Gasteiger partial charge in [0.2, 0.25) is 0 Å². The van der Waals surface area contributed by atoms with Crippen molar-refractivity contribution in [2.75, 3.05) is 0 Å². The van der Waals surface area contributed by atoms with Crippen molar-refractivity contribution >= 4 is 0 Å². The Morgan fingerprint density at radius 3 is 2.79 bits per heavy atom. The highest BCUT2D eigenvalue weighted by Crippen LogP contribution is 2.48. The zero-order valence-electron chi connectivity index (χ0n) is 17.8. The first-order chi connectivity index (χ1) is 16.0. The summed E-state index contributed by atoms with van der Waals surface area (Å²) < 4.78 is 33.7. The van der Waals surface area contributed by atoms with Crippen LogP contribution < -0.4 is 4.74 Å². The number of benzene rings is 2. The Bertz CT molecular complexity index is 1440. The second-order valence-electron chi connectivity index (χ2n) is 8.45. The van der Waals surface area contributed by atoms with Crippen molar-refractivity contribution in [3.63, 3.8) is 0 Å². The normalized spacial score (nSPS) is 15.0. The molecule has 2 aliphatic rings. The summed E-state index contributed by atoms with van der Waals surface area (Å²) >= 11 is 0. The van der Waals surface area contributed by atoms with Crippen LogP contribution >= 0.6 is 0 Å². The van der Waals surface area contributed by atoms with E-state index in [4.69, 9.17) is 0 Å². The van der Waals surface area contributed by atoms with Gasteiger partial charge in [0.1, 0.15) is 17.8 Å². The average molecular weight is 443 g/mol. The smallest absolute Gasteiger partial charge is 0.387 e. The molecule has 3 heterocycles. The lowest BCUT2D eigenvalue weighted by Gasteiger charge is -2.12. The van der Waals surface area contributed by atoms with E-state index < -0.39 is 6.61 Å². The molecule has 2 aromatic heterocycles. The van der Waals surface area contributed by atoms with Crippen LogP contribution in [0.2, 0.25) is 0 Å². The maximum atomic E-state index is 12.8. The van der Waals surface area contributed by atoms with Crippen LogP contribution in [0.15, 0.2) is 55.0 Å². The Morgan fingerprint density at radius 1 is 1.12 bits per heavy atom. The van der Waals surface area contributed by atoms with E-state index in [2.05, 4.69) is 63.1 Å². The van der Waals surface area contributed by atoms with Gasteiger partial charge in [-0.1, -0.05) is 41.0 Å². The summed E-state index contributed by atoms with van der Waals surface area (Å²) in [6.07, 6.45) is 5.96. The number of rotatable bonds is 3. The molecule has 0 radical (unpaired) electrons. The molecular formula is C25H19F2N5O. The molecule has 164 valence electrons. The summed E-state index contributed by atoms with van der Waals surface area (Å²) in [5, 5.41) is 8.19. The maximum absolute atomic E-state index is 12.8. The summed E-state index contributed by atoms with van der Waals surface area (Å²) in [4.78, 5) is 4.60. The van der Waals surface area contributed by atoms with Crippen LogP contribution in [0.3, 0.4) is 0 Å². The van der Waals surface area contributed by atoms with Gasteiger partial charge in [-0.15, -0.1) is 5.10 Å². The van der Waals surface area contributed by atoms with Crippen LogP contribution in [0.5, 0.6) is 5.75 Å². The van der Waals surface area contributed by atoms with E-state index in [1.165, 1.54) is 23.3 Å². The van der Waals surface area contributed by atoms with Crippen LogP contribution in [0.4, 0.5) is 8.78 Å². The van der Waals surface area contributed by atoms with Gasteiger partial charge < -0.3 is 4.74 Å². The minimum absolute atomic E-state index is 0.0580. The number of nitrogens with zero attached hydrogens (tertiary/aromatic N) is 5. The second-order valence-corrected chi connectivity index (χ2v) is 8.45. The molecule has 0 unspecified atom stereocenters. The van der Waals surface area contributed by atoms with E-state index in [-0.39, 0.29) is 11.2 Å². The van der Waals surface area contributed by atoms with Crippen molar-refractivity contribution in [1.29, 1.82) is 0 Å². The predicted molar refractivity (Wildman–Crippen MR) is 117 cm³/mol. The van der Waals surface area contributed by atoms with E-state index in [0.29, 0.717) is 17.8 Å². The molecule has 1 fully saturated rings. The highest BCUT2D eigenvalue weighted by atomic mass is 19.3. The summed E-state index contributed by atoms with van der Waals surface area (Å²) in [7, 11) is 0. The van der Waals surface area contributed by atoms with Gasteiger partial charge in [-0.3, -0.25) is 4.57 Å². The number of halogens is 2. The van der Waals surface area contributed by atoms with E-state index in [1.54, 1.807) is 23.3 Å². The monoisotopic (exact) mass is 443 g/mol. The molecule has 0 spiro atoms. The van der Waals surface area contributed by atoms with Gasteiger partial charge in [0, 0.05) is 12.5 Å². The van der Waals surface area contributed by atoms with E-state index in [1.807, 2.05) is 4.57 Å². The molecule has 1 aliphatic carbocycles. The molecule has 8 heteroatoms. The number of hydrogen-bond acceptors (Lipinski definition) is 4. The minimum Gasteiger partial charge on any atom is -0.435 e. The third-order valence-corrected chi connectivity index (χ3v) is 6.24. The number of imidazole rings is 1. The van der Waals surface area contributed by atoms with Gasteiger partial charge in [-0.2, -0.15) is 8.78 Å². The lowest BCUT2D eigenvalue weighted by atomic mass is 9.95. The van der Waals surface area contributed by atoms with Crippen LogP contribution in [0.1, 0.15) is 41.1 Å². The topological polar surface area (TPSA) is 57.8 Å². The van der Waals surface area contributed by atoms with Crippen molar-refractivity contribution in [3.05, 3.63) is 83.2 Å². The molecule has 4 aromatic rings. The largest absolute Gasteiger partial charge is 0.435 e. The average Bonchev–Trinajstić information content (AvgIpc) is 3.31. The molecule has 33 heavy (non-hydrogen) atoms. The summed E-state index contributed by atoms with van der Waals surface area (Å²) in [5.74, 6) is 6.89. The number of hydrogen-bond donors (Lipinski definition) is 0. The van der Waals surface area contributed by atoms with Crippen LogP contribution in [-0.2, 0) is 11.8 Å². The quantitative estimate of drug-likeness (QED) is 0.389. The van der Waals surface area contributed by atoms with Gasteiger partial charge in [0.15, 0.2) is 0 Å². The highest BCUT2D eigenvalue weighted by Gasteiger charge is 2.43. The SMILES string of the molecule is Cc1cccc(C2(C#Cc3ncn4c3Cc3cnnn3-c3cc(OC(F)F)ccc3-4)CC2)c1.